The van der Waals surface area contributed by atoms with Gasteiger partial charge in [-0.05, 0) is 31.5 Å². The van der Waals surface area contributed by atoms with Gasteiger partial charge in [-0.2, -0.15) is 0 Å². The van der Waals surface area contributed by atoms with E-state index in [2.05, 4.69) is 6.07 Å². The lowest BCUT2D eigenvalue weighted by Crippen LogP contribution is -2.44. The number of fused-ring (bicyclic) bond motifs is 5. The predicted octanol–water partition coefficient (Wildman–Crippen LogP) is 2.64. The van der Waals surface area contributed by atoms with E-state index in [0.717, 1.165) is 22.2 Å². The number of esters is 1. The Morgan fingerprint density at radius 3 is 2.85 bits per heavy atom. The summed E-state index contributed by atoms with van der Waals surface area (Å²) in [5.41, 5.74) is 1.79. The SMILES string of the molecule is CC[C@@]1(O)C(=O)OCc2c1cc1n(c2=O)C(C)c2cc3ccccc3nc2-1. The van der Waals surface area contributed by atoms with Crippen molar-refractivity contribution in [2.45, 2.75) is 38.5 Å². The number of nitrogens with zero attached hydrogens (tertiary/aromatic N) is 2. The normalized spacial score (nSPS) is 22.9. The van der Waals surface area contributed by atoms with Crippen LogP contribution in [0.3, 0.4) is 0 Å². The minimum Gasteiger partial charge on any atom is -0.458 e. The van der Waals surface area contributed by atoms with Gasteiger partial charge in [0.05, 0.1) is 28.5 Å². The Balaban J connectivity index is 1.85. The lowest BCUT2D eigenvalue weighted by Gasteiger charge is -2.32. The molecule has 0 bridgehead atoms. The number of ether oxygens (including phenoxy) is 1. The summed E-state index contributed by atoms with van der Waals surface area (Å²) in [4.78, 5) is 30.2. The molecule has 5 rings (SSSR count). The van der Waals surface area contributed by atoms with Crippen LogP contribution in [0.4, 0.5) is 0 Å². The summed E-state index contributed by atoms with van der Waals surface area (Å²) in [5.74, 6) is -0.709. The second kappa shape index (κ2) is 5.27. The van der Waals surface area contributed by atoms with E-state index in [-0.39, 0.29) is 24.6 Å². The van der Waals surface area contributed by atoms with Crippen LogP contribution < -0.4 is 5.56 Å². The van der Waals surface area contributed by atoms with Gasteiger partial charge in [0.1, 0.15) is 6.61 Å². The molecule has 1 unspecified atom stereocenters. The third-order valence-electron chi connectivity index (χ3n) is 5.82. The van der Waals surface area contributed by atoms with Crippen molar-refractivity contribution in [1.29, 1.82) is 0 Å². The highest BCUT2D eigenvalue weighted by atomic mass is 16.6. The van der Waals surface area contributed by atoms with Crippen LogP contribution in [-0.4, -0.2) is 20.6 Å². The fourth-order valence-electron chi connectivity index (χ4n) is 4.24. The molecule has 2 aliphatic heterocycles. The molecule has 0 radical (unpaired) electrons. The fraction of sp³-hybridized carbons (Fsp3) is 0.286. The third kappa shape index (κ3) is 1.96. The molecule has 0 saturated heterocycles. The van der Waals surface area contributed by atoms with Gasteiger partial charge in [0.25, 0.3) is 5.56 Å². The summed E-state index contributed by atoms with van der Waals surface area (Å²) in [5, 5.41) is 11.9. The average Bonchev–Trinajstić information content (AvgIpc) is 2.95. The van der Waals surface area contributed by atoms with Gasteiger partial charge in [0.15, 0.2) is 5.60 Å². The van der Waals surface area contributed by atoms with Gasteiger partial charge in [-0.25, -0.2) is 9.78 Å². The highest BCUT2D eigenvalue weighted by Gasteiger charge is 2.45. The summed E-state index contributed by atoms with van der Waals surface area (Å²) in [7, 11) is 0. The molecule has 6 heteroatoms. The van der Waals surface area contributed by atoms with E-state index in [1.54, 1.807) is 17.6 Å². The molecule has 1 aromatic carbocycles. The van der Waals surface area contributed by atoms with Gasteiger partial charge in [0, 0.05) is 16.5 Å². The maximum atomic E-state index is 13.2. The minimum atomic E-state index is -1.80. The van der Waals surface area contributed by atoms with E-state index in [9.17, 15) is 14.7 Å². The number of carbonyl (C=O) groups excluding carboxylic acids is 1. The summed E-state index contributed by atoms with van der Waals surface area (Å²) >= 11 is 0. The molecule has 2 atom stereocenters. The van der Waals surface area contributed by atoms with Crippen molar-refractivity contribution < 1.29 is 14.6 Å². The number of hydrogen-bond acceptors (Lipinski definition) is 5. The number of aromatic nitrogens is 2. The van der Waals surface area contributed by atoms with Gasteiger partial charge in [-0.15, -0.1) is 0 Å². The van der Waals surface area contributed by atoms with Crippen LogP contribution in [0.1, 0.15) is 43.0 Å². The standard InChI is InChI=1S/C21H18N2O4/c1-3-21(26)15-9-17-18-13(8-12-6-4-5-7-16(12)22-18)11(2)23(17)19(24)14(15)10-27-20(21)25/h4-9,11,26H,3,10H2,1-2H3/t11?,21-/m0/s1. The first-order valence-electron chi connectivity index (χ1n) is 9.04. The molecule has 2 aromatic heterocycles. The zero-order valence-electron chi connectivity index (χ0n) is 15.0. The van der Waals surface area contributed by atoms with Gasteiger partial charge in [0.2, 0.25) is 0 Å². The lowest BCUT2D eigenvalue weighted by atomic mass is 9.86. The second-order valence-electron chi connectivity index (χ2n) is 7.18. The van der Waals surface area contributed by atoms with Crippen LogP contribution in [-0.2, 0) is 21.7 Å². The molecule has 3 aromatic rings. The smallest absolute Gasteiger partial charge is 0.343 e. The Morgan fingerprint density at radius 1 is 1.30 bits per heavy atom. The molecule has 2 aliphatic rings. The number of benzene rings is 1. The third-order valence-corrected chi connectivity index (χ3v) is 5.82. The molecule has 0 fully saturated rings. The largest absolute Gasteiger partial charge is 0.458 e. The molecule has 0 amide bonds. The van der Waals surface area contributed by atoms with E-state index in [1.807, 2.05) is 31.2 Å². The van der Waals surface area contributed by atoms with Gasteiger partial charge >= 0.3 is 5.97 Å². The summed E-state index contributed by atoms with van der Waals surface area (Å²) in [6.45, 7) is 3.54. The Bertz CT molecular complexity index is 1200. The first kappa shape index (κ1) is 16.2. The van der Waals surface area contributed by atoms with Crippen molar-refractivity contribution in [3.63, 3.8) is 0 Å². The monoisotopic (exact) mass is 362 g/mol. The molecule has 4 heterocycles. The number of hydrogen-bond donors (Lipinski definition) is 1. The van der Waals surface area contributed by atoms with Crippen molar-refractivity contribution in [2.24, 2.45) is 0 Å². The fourth-order valence-corrected chi connectivity index (χ4v) is 4.24. The van der Waals surface area contributed by atoms with Crippen molar-refractivity contribution in [2.75, 3.05) is 0 Å². The van der Waals surface area contributed by atoms with E-state index in [4.69, 9.17) is 9.72 Å². The summed E-state index contributed by atoms with van der Waals surface area (Å²) in [6.07, 6.45) is 0.134. The number of cyclic esters (lactones) is 1. The molecule has 0 spiro atoms. The molecular formula is C21H18N2O4. The van der Waals surface area contributed by atoms with Crippen LogP contribution in [0.2, 0.25) is 0 Å². The molecule has 27 heavy (non-hydrogen) atoms. The van der Waals surface area contributed by atoms with E-state index >= 15 is 0 Å². The van der Waals surface area contributed by atoms with Gasteiger partial charge < -0.3 is 9.84 Å². The maximum absolute atomic E-state index is 13.2. The molecular weight excluding hydrogens is 344 g/mol. The highest BCUT2D eigenvalue weighted by molar-refractivity contribution is 5.86. The quantitative estimate of drug-likeness (QED) is 0.673. The van der Waals surface area contributed by atoms with Crippen LogP contribution in [0.5, 0.6) is 0 Å². The van der Waals surface area contributed by atoms with Crippen molar-refractivity contribution in [1.82, 2.24) is 9.55 Å². The molecule has 0 aliphatic carbocycles. The molecule has 0 saturated carbocycles. The molecule has 6 nitrogen and oxygen atoms in total. The number of para-hydroxylation sites is 1. The zero-order valence-corrected chi connectivity index (χ0v) is 15.0. The topological polar surface area (TPSA) is 81.4 Å². The molecule has 136 valence electrons. The second-order valence-corrected chi connectivity index (χ2v) is 7.18. The average molecular weight is 362 g/mol. The number of pyridine rings is 2. The summed E-state index contributed by atoms with van der Waals surface area (Å²) in [6, 6.07) is 11.4. The maximum Gasteiger partial charge on any atom is 0.343 e. The highest BCUT2D eigenvalue weighted by Crippen LogP contribution is 2.42. The Hall–Kier alpha value is -2.99. The Labute approximate surface area is 155 Å². The van der Waals surface area contributed by atoms with E-state index in [1.165, 1.54) is 0 Å². The summed E-state index contributed by atoms with van der Waals surface area (Å²) < 4.78 is 6.79. The van der Waals surface area contributed by atoms with Crippen molar-refractivity contribution in [3.05, 3.63) is 63.4 Å². The van der Waals surface area contributed by atoms with Crippen LogP contribution in [0.15, 0.2) is 41.2 Å². The van der Waals surface area contributed by atoms with Gasteiger partial charge in [-0.3, -0.25) is 9.36 Å². The van der Waals surface area contributed by atoms with E-state index < -0.39 is 11.6 Å². The van der Waals surface area contributed by atoms with Crippen LogP contribution >= 0.6 is 0 Å². The Morgan fingerprint density at radius 2 is 2.07 bits per heavy atom. The van der Waals surface area contributed by atoms with Crippen molar-refractivity contribution >= 4 is 16.9 Å². The number of carbonyl (C=O) groups is 1. The lowest BCUT2D eigenvalue weighted by molar-refractivity contribution is -0.172. The zero-order chi connectivity index (χ0) is 18.9. The number of aliphatic hydroxyl groups is 1. The minimum absolute atomic E-state index is 0.117. The first-order chi connectivity index (χ1) is 13.0. The molecule has 1 N–H and O–H groups in total. The van der Waals surface area contributed by atoms with E-state index in [0.29, 0.717) is 16.8 Å². The van der Waals surface area contributed by atoms with Crippen molar-refractivity contribution in [3.8, 4) is 11.4 Å². The van der Waals surface area contributed by atoms with Crippen LogP contribution in [0, 0.1) is 0 Å². The van der Waals surface area contributed by atoms with Gasteiger partial charge in [-0.1, -0.05) is 25.1 Å². The number of rotatable bonds is 1. The van der Waals surface area contributed by atoms with Crippen LogP contribution in [0.25, 0.3) is 22.3 Å². The first-order valence-corrected chi connectivity index (χ1v) is 9.04. The Kier molecular flexibility index (Phi) is 3.16. The predicted molar refractivity (Wildman–Crippen MR) is 99.2 cm³/mol.